The van der Waals surface area contributed by atoms with Crippen molar-refractivity contribution in [3.63, 3.8) is 0 Å². The fourth-order valence-electron chi connectivity index (χ4n) is 2.87. The SMILES string of the molecule is CCCCC[C@@H]1OC(O[Si](C)(C)C(C)(C)C)C(C)(C)[C@H]1CI. The standard InChI is InChI=1S/C18H37IO2Si/c1-9-10-11-12-15-14(13-19)18(5,6)16(20-15)21-22(7,8)17(2,3)4/h14-16H,9-13H2,1-8H3/t14-,15-,16?/m0/s1. The van der Waals surface area contributed by atoms with Gasteiger partial charge in [-0.1, -0.05) is 83.4 Å². The van der Waals surface area contributed by atoms with Gasteiger partial charge in [0.15, 0.2) is 14.6 Å². The smallest absolute Gasteiger partial charge is 0.195 e. The summed E-state index contributed by atoms with van der Waals surface area (Å²) >= 11 is 2.53. The molecule has 0 aromatic heterocycles. The summed E-state index contributed by atoms with van der Waals surface area (Å²) in [6, 6.07) is 0. The van der Waals surface area contributed by atoms with Gasteiger partial charge in [-0.25, -0.2) is 0 Å². The van der Waals surface area contributed by atoms with Crippen LogP contribution in [0, 0.1) is 11.3 Å². The van der Waals surface area contributed by atoms with Crippen molar-refractivity contribution in [1.82, 2.24) is 0 Å². The molecule has 132 valence electrons. The van der Waals surface area contributed by atoms with Crippen molar-refractivity contribution < 1.29 is 9.16 Å². The first-order chi connectivity index (χ1) is 9.97. The van der Waals surface area contributed by atoms with Crippen LogP contribution >= 0.6 is 22.6 Å². The van der Waals surface area contributed by atoms with Gasteiger partial charge in [0, 0.05) is 15.8 Å². The summed E-state index contributed by atoms with van der Waals surface area (Å²) in [5, 5.41) is 0.229. The Balaban J connectivity index is 2.83. The number of hydrogen-bond acceptors (Lipinski definition) is 2. The van der Waals surface area contributed by atoms with Crippen LogP contribution in [0.1, 0.15) is 67.2 Å². The van der Waals surface area contributed by atoms with Crippen LogP contribution < -0.4 is 0 Å². The quantitative estimate of drug-likeness (QED) is 0.198. The summed E-state index contributed by atoms with van der Waals surface area (Å²) in [7, 11) is -1.80. The maximum Gasteiger partial charge on any atom is 0.195 e. The molecule has 22 heavy (non-hydrogen) atoms. The molecular formula is C18H37IO2Si. The minimum Gasteiger partial charge on any atom is -0.392 e. The van der Waals surface area contributed by atoms with Crippen molar-refractivity contribution in [3.05, 3.63) is 0 Å². The first-order valence-corrected chi connectivity index (χ1v) is 13.3. The van der Waals surface area contributed by atoms with Gasteiger partial charge in [0.05, 0.1) is 6.10 Å². The van der Waals surface area contributed by atoms with Gasteiger partial charge >= 0.3 is 0 Å². The van der Waals surface area contributed by atoms with Crippen molar-refractivity contribution in [2.45, 2.75) is 97.8 Å². The molecule has 1 aliphatic heterocycles. The summed E-state index contributed by atoms with van der Waals surface area (Å²) in [6.07, 6.45) is 5.36. The molecule has 1 unspecified atom stereocenters. The van der Waals surface area contributed by atoms with E-state index < -0.39 is 8.32 Å². The highest BCUT2D eigenvalue weighted by molar-refractivity contribution is 14.1. The molecule has 1 fully saturated rings. The number of rotatable bonds is 7. The Morgan fingerprint density at radius 3 is 2.23 bits per heavy atom. The third kappa shape index (κ3) is 4.70. The summed E-state index contributed by atoms with van der Waals surface area (Å²) in [6.45, 7) is 18.5. The number of alkyl halides is 1. The Labute approximate surface area is 153 Å². The zero-order chi connectivity index (χ0) is 17.2. The molecular weight excluding hydrogens is 403 g/mol. The van der Waals surface area contributed by atoms with Crippen LogP contribution in [0.4, 0.5) is 0 Å². The number of hydrogen-bond donors (Lipinski definition) is 0. The van der Waals surface area contributed by atoms with E-state index in [9.17, 15) is 0 Å². The summed E-state index contributed by atoms with van der Waals surface area (Å²) in [5.74, 6) is 0.597. The molecule has 1 aliphatic rings. The average Bonchev–Trinajstić information content (AvgIpc) is 2.58. The molecule has 4 heteroatoms. The van der Waals surface area contributed by atoms with Crippen LogP contribution in [0.15, 0.2) is 0 Å². The molecule has 0 aromatic carbocycles. The van der Waals surface area contributed by atoms with E-state index in [1.165, 1.54) is 25.7 Å². The van der Waals surface area contributed by atoms with Crippen LogP contribution in [-0.4, -0.2) is 25.1 Å². The molecule has 1 heterocycles. The molecule has 1 saturated heterocycles. The van der Waals surface area contributed by atoms with E-state index >= 15 is 0 Å². The van der Waals surface area contributed by atoms with Gasteiger partial charge in [-0.05, 0) is 24.6 Å². The lowest BCUT2D eigenvalue weighted by Gasteiger charge is -2.41. The van der Waals surface area contributed by atoms with Crippen LogP contribution in [0.3, 0.4) is 0 Å². The van der Waals surface area contributed by atoms with Gasteiger partial charge < -0.3 is 9.16 Å². The van der Waals surface area contributed by atoms with E-state index in [0.717, 1.165) is 4.43 Å². The lowest BCUT2D eigenvalue weighted by atomic mass is 9.78. The minimum absolute atomic E-state index is 0.0419. The van der Waals surface area contributed by atoms with Crippen molar-refractivity contribution >= 4 is 30.9 Å². The van der Waals surface area contributed by atoms with Crippen LogP contribution in [0.2, 0.25) is 18.1 Å². The largest absolute Gasteiger partial charge is 0.392 e. The molecule has 0 radical (unpaired) electrons. The summed E-state index contributed by atoms with van der Waals surface area (Å²) in [4.78, 5) is 0. The van der Waals surface area contributed by atoms with Crippen molar-refractivity contribution in [1.29, 1.82) is 0 Å². The number of halogens is 1. The van der Waals surface area contributed by atoms with E-state index in [4.69, 9.17) is 9.16 Å². The van der Waals surface area contributed by atoms with Crippen molar-refractivity contribution in [2.75, 3.05) is 4.43 Å². The maximum atomic E-state index is 6.66. The molecule has 2 nitrogen and oxygen atoms in total. The minimum atomic E-state index is -1.80. The average molecular weight is 440 g/mol. The Hall–Kier alpha value is 0.867. The maximum absolute atomic E-state index is 6.66. The van der Waals surface area contributed by atoms with Crippen molar-refractivity contribution in [2.24, 2.45) is 11.3 Å². The second-order valence-corrected chi connectivity index (χ2v) is 14.6. The van der Waals surface area contributed by atoms with Gasteiger partial charge in [0.25, 0.3) is 0 Å². The van der Waals surface area contributed by atoms with E-state index in [2.05, 4.69) is 77.2 Å². The molecule has 1 rings (SSSR count). The first kappa shape index (κ1) is 20.9. The van der Waals surface area contributed by atoms with Gasteiger partial charge in [-0.2, -0.15) is 0 Å². The highest BCUT2D eigenvalue weighted by atomic mass is 127. The molecule has 0 bridgehead atoms. The number of ether oxygens (including phenoxy) is 1. The van der Waals surface area contributed by atoms with E-state index in [1.54, 1.807) is 0 Å². The summed E-state index contributed by atoms with van der Waals surface area (Å²) in [5.41, 5.74) is 0.105. The van der Waals surface area contributed by atoms with Crippen LogP contribution in [0.5, 0.6) is 0 Å². The zero-order valence-electron chi connectivity index (χ0n) is 16.0. The zero-order valence-corrected chi connectivity index (χ0v) is 19.1. The monoisotopic (exact) mass is 440 g/mol. The Morgan fingerprint density at radius 2 is 1.77 bits per heavy atom. The highest BCUT2D eigenvalue weighted by Gasteiger charge is 2.53. The topological polar surface area (TPSA) is 18.5 Å². The molecule has 0 saturated carbocycles. The van der Waals surface area contributed by atoms with Gasteiger partial charge in [-0.3, -0.25) is 0 Å². The molecule has 3 atom stereocenters. The molecule has 0 spiro atoms. The molecule has 0 N–H and O–H groups in total. The van der Waals surface area contributed by atoms with Crippen LogP contribution in [0.25, 0.3) is 0 Å². The highest BCUT2D eigenvalue weighted by Crippen LogP contribution is 2.49. The van der Waals surface area contributed by atoms with Gasteiger partial charge in [0.2, 0.25) is 0 Å². The van der Waals surface area contributed by atoms with E-state index in [1.807, 2.05) is 0 Å². The lowest BCUT2D eigenvalue weighted by Crippen LogP contribution is -2.47. The third-order valence-electron chi connectivity index (χ3n) is 5.78. The first-order valence-electron chi connectivity index (χ1n) is 8.86. The summed E-state index contributed by atoms with van der Waals surface area (Å²) < 4.78 is 14.3. The fourth-order valence-corrected chi connectivity index (χ4v) is 5.82. The fraction of sp³-hybridized carbons (Fsp3) is 1.00. The van der Waals surface area contributed by atoms with Gasteiger partial charge in [0.1, 0.15) is 0 Å². The molecule has 0 aromatic rings. The predicted molar refractivity (Wildman–Crippen MR) is 107 cm³/mol. The Morgan fingerprint density at radius 1 is 1.18 bits per heavy atom. The predicted octanol–water partition coefficient (Wildman–Crippen LogP) is 6.39. The second kappa shape index (κ2) is 7.83. The third-order valence-corrected chi connectivity index (χ3v) is 11.1. The molecule has 0 aliphatic carbocycles. The van der Waals surface area contributed by atoms with E-state index in [-0.39, 0.29) is 16.7 Å². The second-order valence-electron chi connectivity index (χ2n) is 8.96. The van der Waals surface area contributed by atoms with E-state index in [0.29, 0.717) is 12.0 Å². The Bertz CT molecular complexity index is 349. The number of unbranched alkanes of at least 4 members (excludes halogenated alkanes) is 2. The normalized spacial score (nSPS) is 29.0. The molecule has 0 amide bonds. The lowest BCUT2D eigenvalue weighted by molar-refractivity contribution is -0.118. The van der Waals surface area contributed by atoms with Crippen molar-refractivity contribution in [3.8, 4) is 0 Å². The van der Waals surface area contributed by atoms with Gasteiger partial charge in [-0.15, -0.1) is 0 Å². The van der Waals surface area contributed by atoms with Crippen LogP contribution in [-0.2, 0) is 9.16 Å². The Kier molecular flexibility index (Phi) is 7.44.